The van der Waals surface area contributed by atoms with E-state index in [0.717, 1.165) is 53.7 Å². The maximum atomic E-state index is 9.90. The standard InChI is InChI=1S/C31H35NO3/c33-18-5-10-30(23-6-2-1-3-7-23)31(25-11-14-28(34)15-12-25)24-8-4-9-29(16-13-24)35-19-17-32-21-26-20-27(26)22-32/h1-4,6-7,9,11-16,26-27,33-34H,5,8,10,17-22H2/b31-30+. The van der Waals surface area contributed by atoms with Crippen molar-refractivity contribution < 1.29 is 14.9 Å². The van der Waals surface area contributed by atoms with Crippen LogP contribution in [-0.2, 0) is 4.74 Å². The van der Waals surface area contributed by atoms with Crippen LogP contribution in [-0.4, -0.2) is 48.0 Å². The predicted octanol–water partition coefficient (Wildman–Crippen LogP) is 5.81. The first-order valence-electron chi connectivity index (χ1n) is 12.8. The summed E-state index contributed by atoms with van der Waals surface area (Å²) in [5.41, 5.74) is 5.77. The van der Waals surface area contributed by atoms with Crippen molar-refractivity contribution in [3.05, 3.63) is 101 Å². The minimum Gasteiger partial charge on any atom is -0.508 e. The van der Waals surface area contributed by atoms with Crippen molar-refractivity contribution in [1.82, 2.24) is 4.90 Å². The number of benzene rings is 2. The van der Waals surface area contributed by atoms with Crippen LogP contribution in [0.25, 0.3) is 11.1 Å². The molecule has 2 unspecified atom stereocenters. The molecule has 4 nitrogen and oxygen atoms in total. The summed E-state index contributed by atoms with van der Waals surface area (Å²) in [5.74, 6) is 3.05. The van der Waals surface area contributed by atoms with Gasteiger partial charge in [0, 0.05) is 26.2 Å². The van der Waals surface area contributed by atoms with Gasteiger partial charge in [0.1, 0.15) is 18.1 Å². The fraction of sp³-hybridized carbons (Fsp3) is 0.355. The SMILES string of the molecule is OCCC/C(=C(/C1=CC=C(OCCN2CC3CC3C2)C=CC1)c1ccc(O)cc1)c1ccccc1. The van der Waals surface area contributed by atoms with Crippen LogP contribution in [0.3, 0.4) is 0 Å². The van der Waals surface area contributed by atoms with Gasteiger partial charge in [-0.1, -0.05) is 54.6 Å². The molecule has 0 aromatic heterocycles. The molecule has 0 amide bonds. The summed E-state index contributed by atoms with van der Waals surface area (Å²) in [6.45, 7) is 4.33. The van der Waals surface area contributed by atoms with Crippen molar-refractivity contribution >= 4 is 11.1 Å². The summed E-state index contributed by atoms with van der Waals surface area (Å²) in [7, 11) is 0. The topological polar surface area (TPSA) is 52.9 Å². The molecule has 4 heteroatoms. The Kier molecular flexibility index (Phi) is 7.51. The van der Waals surface area contributed by atoms with E-state index < -0.39 is 0 Å². The molecule has 2 N–H and O–H groups in total. The minimum atomic E-state index is 0.147. The highest BCUT2D eigenvalue weighted by atomic mass is 16.5. The molecule has 1 saturated carbocycles. The molecule has 2 fully saturated rings. The van der Waals surface area contributed by atoms with Gasteiger partial charge >= 0.3 is 0 Å². The number of hydrogen-bond donors (Lipinski definition) is 2. The first-order chi connectivity index (χ1) is 17.2. The fourth-order valence-electron chi connectivity index (χ4n) is 5.35. The normalized spacial score (nSPS) is 22.1. The van der Waals surface area contributed by atoms with E-state index in [-0.39, 0.29) is 12.4 Å². The molecule has 1 heterocycles. The van der Waals surface area contributed by atoms with E-state index in [9.17, 15) is 10.2 Å². The number of aromatic hydroxyl groups is 1. The van der Waals surface area contributed by atoms with Crippen molar-refractivity contribution in [2.75, 3.05) is 32.8 Å². The van der Waals surface area contributed by atoms with Crippen molar-refractivity contribution in [2.45, 2.75) is 25.7 Å². The number of aliphatic hydroxyl groups is 1. The van der Waals surface area contributed by atoms with Gasteiger partial charge in [-0.3, -0.25) is 4.90 Å². The summed E-state index contributed by atoms with van der Waals surface area (Å²) in [5, 5.41) is 19.5. The molecule has 2 atom stereocenters. The zero-order chi connectivity index (χ0) is 24.0. The van der Waals surface area contributed by atoms with Gasteiger partial charge in [-0.2, -0.15) is 0 Å². The Bertz CT molecular complexity index is 1120. The number of likely N-dealkylation sites (tertiary alicyclic amines) is 1. The Morgan fingerprint density at radius 1 is 0.943 bits per heavy atom. The average molecular weight is 470 g/mol. The smallest absolute Gasteiger partial charge is 0.119 e. The van der Waals surface area contributed by atoms with Crippen LogP contribution < -0.4 is 0 Å². The second-order valence-corrected chi connectivity index (χ2v) is 9.82. The van der Waals surface area contributed by atoms with Crippen LogP contribution in [0.4, 0.5) is 0 Å². The molecular weight excluding hydrogens is 434 g/mol. The molecule has 1 aliphatic heterocycles. The number of ether oxygens (including phenoxy) is 1. The second kappa shape index (κ2) is 11.1. The van der Waals surface area contributed by atoms with Crippen LogP contribution in [0.2, 0.25) is 0 Å². The lowest BCUT2D eigenvalue weighted by atomic mass is 9.86. The van der Waals surface area contributed by atoms with Gasteiger partial charge in [0.2, 0.25) is 0 Å². The molecule has 3 aliphatic rings. The average Bonchev–Trinajstić information content (AvgIpc) is 3.57. The number of rotatable bonds is 10. The van der Waals surface area contributed by atoms with Crippen LogP contribution in [0.5, 0.6) is 5.75 Å². The molecule has 35 heavy (non-hydrogen) atoms. The van der Waals surface area contributed by atoms with Crippen LogP contribution in [0.15, 0.2) is 90.2 Å². The van der Waals surface area contributed by atoms with E-state index in [1.807, 2.05) is 18.2 Å². The number of nitrogens with zero attached hydrogens (tertiary/aromatic N) is 1. The second-order valence-electron chi connectivity index (χ2n) is 9.82. The van der Waals surface area contributed by atoms with Crippen molar-refractivity contribution in [1.29, 1.82) is 0 Å². The summed E-state index contributed by atoms with van der Waals surface area (Å²) in [4.78, 5) is 2.53. The Morgan fingerprint density at radius 2 is 1.71 bits per heavy atom. The van der Waals surface area contributed by atoms with Gasteiger partial charge in [0.25, 0.3) is 0 Å². The molecule has 2 aromatic carbocycles. The zero-order valence-corrected chi connectivity index (χ0v) is 20.3. The number of fused-ring (bicyclic) bond motifs is 1. The van der Waals surface area contributed by atoms with E-state index >= 15 is 0 Å². The highest BCUT2D eigenvalue weighted by molar-refractivity contribution is 5.98. The van der Waals surface area contributed by atoms with Gasteiger partial charge in [0.15, 0.2) is 0 Å². The van der Waals surface area contributed by atoms with E-state index in [2.05, 4.69) is 53.5 Å². The molecule has 2 aromatic rings. The largest absolute Gasteiger partial charge is 0.508 e. The maximum absolute atomic E-state index is 9.90. The number of piperidine rings is 1. The third-order valence-corrected chi connectivity index (χ3v) is 7.29. The van der Waals surface area contributed by atoms with Crippen LogP contribution >= 0.6 is 0 Å². The summed E-state index contributed by atoms with van der Waals surface area (Å²) >= 11 is 0. The number of hydrogen-bond acceptors (Lipinski definition) is 4. The van der Waals surface area contributed by atoms with Gasteiger partial charge in [-0.15, -0.1) is 0 Å². The third kappa shape index (κ3) is 5.95. The third-order valence-electron chi connectivity index (χ3n) is 7.29. The van der Waals surface area contributed by atoms with Gasteiger partial charge in [-0.05, 0) is 89.7 Å². The molecular formula is C31H35NO3. The number of phenols is 1. The molecule has 5 rings (SSSR count). The molecule has 2 aliphatic carbocycles. The van der Waals surface area contributed by atoms with Crippen molar-refractivity contribution in [3.8, 4) is 5.75 Å². The zero-order valence-electron chi connectivity index (χ0n) is 20.3. The molecule has 0 radical (unpaired) electrons. The molecule has 0 spiro atoms. The van der Waals surface area contributed by atoms with E-state index in [1.165, 1.54) is 30.7 Å². The Labute approximate surface area is 208 Å². The Balaban J connectivity index is 1.42. The Morgan fingerprint density at radius 3 is 2.46 bits per heavy atom. The molecule has 0 bridgehead atoms. The van der Waals surface area contributed by atoms with Gasteiger partial charge in [0.05, 0.1) is 0 Å². The predicted molar refractivity (Wildman–Crippen MR) is 142 cm³/mol. The van der Waals surface area contributed by atoms with Crippen LogP contribution in [0.1, 0.15) is 36.8 Å². The fourth-order valence-corrected chi connectivity index (χ4v) is 5.35. The highest BCUT2D eigenvalue weighted by Gasteiger charge is 2.44. The van der Waals surface area contributed by atoms with Gasteiger partial charge < -0.3 is 14.9 Å². The number of phenolic OH excluding ortho intramolecular Hbond substituents is 1. The number of allylic oxidation sites excluding steroid dienone is 7. The lowest BCUT2D eigenvalue weighted by Gasteiger charge is -2.19. The number of aliphatic hydroxyl groups excluding tert-OH is 1. The minimum absolute atomic E-state index is 0.147. The maximum Gasteiger partial charge on any atom is 0.119 e. The quantitative estimate of drug-likeness (QED) is 0.431. The summed E-state index contributed by atoms with van der Waals surface area (Å²) < 4.78 is 6.14. The van der Waals surface area contributed by atoms with E-state index in [0.29, 0.717) is 13.0 Å². The summed E-state index contributed by atoms with van der Waals surface area (Å²) in [6, 6.07) is 17.8. The van der Waals surface area contributed by atoms with Gasteiger partial charge in [-0.25, -0.2) is 0 Å². The van der Waals surface area contributed by atoms with E-state index in [1.54, 1.807) is 12.1 Å². The molecule has 182 valence electrons. The Hall–Kier alpha value is -3.08. The lowest BCUT2D eigenvalue weighted by molar-refractivity contribution is 0.172. The highest BCUT2D eigenvalue weighted by Crippen LogP contribution is 2.44. The molecule has 1 saturated heterocycles. The van der Waals surface area contributed by atoms with Crippen molar-refractivity contribution in [2.24, 2.45) is 11.8 Å². The lowest BCUT2D eigenvalue weighted by Crippen LogP contribution is -2.26. The summed E-state index contributed by atoms with van der Waals surface area (Å²) in [6.07, 6.45) is 12.2. The first-order valence-corrected chi connectivity index (χ1v) is 12.8. The van der Waals surface area contributed by atoms with Crippen molar-refractivity contribution in [3.63, 3.8) is 0 Å². The first kappa shape index (κ1) is 23.7. The monoisotopic (exact) mass is 469 g/mol. The van der Waals surface area contributed by atoms with E-state index in [4.69, 9.17) is 4.74 Å². The van der Waals surface area contributed by atoms with Crippen LogP contribution in [0, 0.1) is 11.8 Å².